The summed E-state index contributed by atoms with van der Waals surface area (Å²) in [6.45, 7) is 1.42. The average Bonchev–Trinajstić information content (AvgIpc) is 3.42. The predicted molar refractivity (Wildman–Crippen MR) is 122 cm³/mol. The number of aryl methyl sites for hydroxylation is 1. The van der Waals surface area contributed by atoms with Gasteiger partial charge in [-0.2, -0.15) is 8.42 Å². The summed E-state index contributed by atoms with van der Waals surface area (Å²) < 4.78 is 32.5. The number of nitrogens with zero attached hydrogens (tertiary/aromatic N) is 7. The van der Waals surface area contributed by atoms with Crippen molar-refractivity contribution in [1.29, 1.82) is 0 Å². The van der Waals surface area contributed by atoms with Gasteiger partial charge in [-0.25, -0.2) is 9.48 Å². The maximum atomic E-state index is 12.5. The molecule has 1 aromatic heterocycles. The second kappa shape index (κ2) is 11.4. The Balaban J connectivity index is 1.71. The zero-order valence-corrected chi connectivity index (χ0v) is 21.1. The van der Waals surface area contributed by atoms with E-state index >= 15 is 0 Å². The number of carbonyl (C=O) groups excluding carboxylic acids is 4. The van der Waals surface area contributed by atoms with Crippen molar-refractivity contribution in [2.45, 2.75) is 41.6 Å². The molecule has 39 heavy (non-hydrogen) atoms. The monoisotopic (exact) mass is 588 g/mol. The normalized spacial score (nSPS) is 15.3. The maximum Gasteiger partial charge on any atom is 0.334 e. The number of tetrazole rings is 1. The largest absolute Gasteiger partial charge is 0.351 e. The third-order valence-electron chi connectivity index (χ3n) is 4.93. The van der Waals surface area contributed by atoms with Crippen LogP contribution in [0.2, 0.25) is 0 Å². The number of amides is 3. The first-order chi connectivity index (χ1) is 18.2. The van der Waals surface area contributed by atoms with Crippen LogP contribution >= 0.6 is 11.8 Å². The van der Waals surface area contributed by atoms with E-state index in [0.717, 1.165) is 12.1 Å². The number of nitrogens with one attached hydrogen (secondary N) is 1. The second-order valence-corrected chi connectivity index (χ2v) is 10.0. The number of rotatable bonds is 11. The van der Waals surface area contributed by atoms with E-state index in [1.54, 1.807) is 6.92 Å². The van der Waals surface area contributed by atoms with Gasteiger partial charge in [0.05, 0.1) is 28.3 Å². The molecule has 1 unspecified atom stereocenters. The number of carbonyl (C=O) groups is 4. The van der Waals surface area contributed by atoms with Crippen molar-refractivity contribution in [2.24, 2.45) is 0 Å². The van der Waals surface area contributed by atoms with Gasteiger partial charge < -0.3 is 10.2 Å². The fourth-order valence-corrected chi connectivity index (χ4v) is 4.81. The minimum absolute atomic E-state index is 0.0253. The zero-order chi connectivity index (χ0) is 29.1. The Bertz CT molecular complexity index is 1460. The molecule has 0 aliphatic carbocycles. The first-order valence-electron chi connectivity index (χ1n) is 10.5. The Morgan fingerprint density at radius 1 is 1.23 bits per heavy atom. The highest BCUT2D eigenvalue weighted by atomic mass is 32.2. The van der Waals surface area contributed by atoms with Gasteiger partial charge in [0.25, 0.3) is 39.2 Å². The van der Waals surface area contributed by atoms with Crippen LogP contribution in [0.15, 0.2) is 22.2 Å². The van der Waals surface area contributed by atoms with Crippen molar-refractivity contribution >= 4 is 56.9 Å². The Hall–Kier alpha value is -4.57. The molecule has 0 spiro atoms. The summed E-state index contributed by atoms with van der Waals surface area (Å²) in [6, 6.07) is 1.56. The summed E-state index contributed by atoms with van der Waals surface area (Å²) in [5.41, 5.74) is -2.07. The Morgan fingerprint density at radius 3 is 2.36 bits per heavy atom. The van der Waals surface area contributed by atoms with Gasteiger partial charge in [0, 0.05) is 25.2 Å². The van der Waals surface area contributed by atoms with Gasteiger partial charge in [-0.05, 0) is 29.1 Å². The summed E-state index contributed by atoms with van der Waals surface area (Å²) in [7, 11) is -4.92. The van der Waals surface area contributed by atoms with E-state index in [1.165, 1.54) is 4.68 Å². The first-order valence-corrected chi connectivity index (χ1v) is 12.8. The molecule has 2 heterocycles. The Kier molecular flexibility index (Phi) is 8.51. The standard InChI is InChI=1S/C17H16N8O12S2/c1-2-22-17(19-20-21-22)38-14-9(24(30)31)5-8(6-10(14)25(32)33)15(28)18-4-3-13(27)37-23-12(26)7-11(16(23)29)39(34,35)36/h5-6,11H,2-4,7H2,1H3,(H,18,28)(H,34,35,36). The predicted octanol–water partition coefficient (Wildman–Crippen LogP) is -0.746. The van der Waals surface area contributed by atoms with Gasteiger partial charge in [-0.3, -0.25) is 39.2 Å². The van der Waals surface area contributed by atoms with Crippen molar-refractivity contribution in [3.63, 3.8) is 0 Å². The van der Waals surface area contributed by atoms with Gasteiger partial charge in [0.15, 0.2) is 10.1 Å². The zero-order valence-electron chi connectivity index (χ0n) is 19.4. The SMILES string of the molecule is CCn1nnnc1Sc1c([N+](=O)[O-])cc(C(=O)NCCC(=O)ON2C(=O)CC(S(=O)(=O)O)C2=O)cc1[N+](=O)[O-]. The molecule has 1 aliphatic heterocycles. The van der Waals surface area contributed by atoms with Crippen molar-refractivity contribution in [1.82, 2.24) is 30.6 Å². The number of hydroxylamine groups is 2. The molecule has 0 saturated carbocycles. The van der Waals surface area contributed by atoms with Crippen LogP contribution in [0, 0.1) is 20.2 Å². The Morgan fingerprint density at radius 2 is 1.85 bits per heavy atom. The molecule has 1 aliphatic rings. The van der Waals surface area contributed by atoms with Gasteiger partial charge in [0.2, 0.25) is 5.16 Å². The molecule has 1 atom stereocenters. The molecule has 22 heteroatoms. The maximum absolute atomic E-state index is 12.5. The summed E-state index contributed by atoms with van der Waals surface area (Å²) in [4.78, 5) is 73.7. The molecular weight excluding hydrogens is 572 g/mol. The van der Waals surface area contributed by atoms with Crippen molar-refractivity contribution in [2.75, 3.05) is 6.54 Å². The number of nitro benzene ring substituents is 2. The van der Waals surface area contributed by atoms with Gasteiger partial charge >= 0.3 is 5.97 Å². The molecule has 2 N–H and O–H groups in total. The minimum Gasteiger partial charge on any atom is -0.351 e. The number of hydrogen-bond acceptors (Lipinski definition) is 15. The summed E-state index contributed by atoms with van der Waals surface area (Å²) >= 11 is 0.552. The number of hydrogen-bond donors (Lipinski definition) is 2. The second-order valence-electron chi connectivity index (χ2n) is 7.44. The minimum atomic E-state index is -4.92. The van der Waals surface area contributed by atoms with Crippen molar-refractivity contribution in [3.05, 3.63) is 37.9 Å². The molecule has 2 aromatic rings. The van der Waals surface area contributed by atoms with Gasteiger partial charge in [0.1, 0.15) is 0 Å². The molecule has 3 rings (SSSR count). The summed E-state index contributed by atoms with van der Waals surface area (Å²) in [5.74, 6) is -5.00. The summed E-state index contributed by atoms with van der Waals surface area (Å²) in [5, 5.41) is 34.0. The average molecular weight is 588 g/mol. The quantitative estimate of drug-likeness (QED) is 0.141. The third kappa shape index (κ3) is 6.47. The third-order valence-corrected chi connectivity index (χ3v) is 7.11. The molecule has 1 saturated heterocycles. The molecule has 1 fully saturated rings. The molecule has 3 amide bonds. The van der Waals surface area contributed by atoms with E-state index in [-0.39, 0.29) is 16.8 Å². The lowest BCUT2D eigenvalue weighted by molar-refractivity contribution is -0.399. The van der Waals surface area contributed by atoms with Crippen molar-refractivity contribution < 1.29 is 46.8 Å². The molecule has 20 nitrogen and oxygen atoms in total. The number of benzene rings is 1. The number of imide groups is 1. The van der Waals surface area contributed by atoms with E-state index in [0.29, 0.717) is 11.8 Å². The Labute approximate surface area is 220 Å². The highest BCUT2D eigenvalue weighted by Crippen LogP contribution is 2.41. The van der Waals surface area contributed by atoms with E-state index < -0.39 is 90.1 Å². The van der Waals surface area contributed by atoms with Crippen LogP contribution < -0.4 is 5.32 Å². The number of aromatic nitrogens is 4. The van der Waals surface area contributed by atoms with Gasteiger partial charge in [-0.15, -0.1) is 10.2 Å². The lowest BCUT2D eigenvalue weighted by Gasteiger charge is -2.13. The fraction of sp³-hybridized carbons (Fsp3) is 0.353. The number of nitro groups is 2. The van der Waals surface area contributed by atoms with E-state index in [9.17, 15) is 47.8 Å². The van der Waals surface area contributed by atoms with Crippen LogP contribution in [0.1, 0.15) is 30.1 Å². The van der Waals surface area contributed by atoms with E-state index in [1.807, 2.05) is 0 Å². The van der Waals surface area contributed by atoms with Crippen LogP contribution in [0.3, 0.4) is 0 Å². The molecule has 0 bridgehead atoms. The molecular formula is C17H16N8O12S2. The van der Waals surface area contributed by atoms with Crippen LogP contribution in [-0.4, -0.2) is 83.6 Å². The summed E-state index contributed by atoms with van der Waals surface area (Å²) in [6.07, 6.45) is -1.61. The van der Waals surface area contributed by atoms with E-state index in [4.69, 9.17) is 4.55 Å². The highest BCUT2D eigenvalue weighted by Gasteiger charge is 2.48. The topological polar surface area (TPSA) is 277 Å². The lowest BCUT2D eigenvalue weighted by atomic mass is 10.1. The fourth-order valence-electron chi connectivity index (χ4n) is 3.10. The molecule has 0 radical (unpaired) electrons. The molecule has 208 valence electrons. The smallest absolute Gasteiger partial charge is 0.334 e. The lowest BCUT2D eigenvalue weighted by Crippen LogP contribution is -2.37. The molecule has 1 aromatic carbocycles. The van der Waals surface area contributed by atoms with E-state index in [2.05, 4.69) is 25.7 Å². The van der Waals surface area contributed by atoms with Crippen LogP contribution in [0.5, 0.6) is 0 Å². The van der Waals surface area contributed by atoms with Crippen LogP contribution in [0.4, 0.5) is 11.4 Å². The van der Waals surface area contributed by atoms with Crippen LogP contribution in [-0.2, 0) is 35.9 Å². The highest BCUT2D eigenvalue weighted by molar-refractivity contribution is 7.99. The van der Waals surface area contributed by atoms with Crippen LogP contribution in [0.25, 0.3) is 0 Å². The van der Waals surface area contributed by atoms with Crippen molar-refractivity contribution in [3.8, 4) is 0 Å². The van der Waals surface area contributed by atoms with Gasteiger partial charge in [-0.1, -0.05) is 0 Å². The first kappa shape index (κ1) is 29.0.